The van der Waals surface area contributed by atoms with E-state index in [4.69, 9.17) is 4.74 Å². The molecule has 4 nitrogen and oxygen atoms in total. The number of methoxy groups -OCH3 is 1. The summed E-state index contributed by atoms with van der Waals surface area (Å²) in [6.45, 7) is 0.356. The number of hydrogen-bond acceptors (Lipinski definition) is 3. The number of likely N-dealkylation sites (N-methyl/N-ethyl adjacent to an activating group) is 1. The third-order valence-corrected chi connectivity index (χ3v) is 4.23. The second-order valence-corrected chi connectivity index (χ2v) is 6.51. The number of amides is 1. The molecule has 0 spiro atoms. The monoisotopic (exact) mass is 394 g/mol. The molecular weight excluding hydrogens is 375 g/mol. The lowest BCUT2D eigenvalue weighted by atomic mass is 10.1. The van der Waals surface area contributed by atoms with Gasteiger partial charge in [0.1, 0.15) is 11.6 Å². The van der Waals surface area contributed by atoms with E-state index >= 15 is 0 Å². The Labute approximate surface area is 149 Å². The van der Waals surface area contributed by atoms with Crippen molar-refractivity contribution in [3.05, 3.63) is 63.9 Å². The molecule has 128 valence electrons. The minimum Gasteiger partial charge on any atom is -0.497 e. The minimum atomic E-state index is -0.551. The average Bonchev–Trinajstić information content (AvgIpc) is 2.54. The van der Waals surface area contributed by atoms with Crippen molar-refractivity contribution < 1.29 is 13.9 Å². The second kappa shape index (κ2) is 8.26. The van der Waals surface area contributed by atoms with Crippen LogP contribution in [0.5, 0.6) is 5.75 Å². The van der Waals surface area contributed by atoms with E-state index in [2.05, 4.69) is 21.2 Å². The zero-order valence-electron chi connectivity index (χ0n) is 13.8. The summed E-state index contributed by atoms with van der Waals surface area (Å²) in [5.41, 5.74) is 1.04. The van der Waals surface area contributed by atoms with Crippen molar-refractivity contribution in [1.29, 1.82) is 0 Å². The first-order valence-corrected chi connectivity index (χ1v) is 8.25. The van der Waals surface area contributed by atoms with Crippen LogP contribution >= 0.6 is 15.9 Å². The van der Waals surface area contributed by atoms with Crippen LogP contribution in [0.3, 0.4) is 0 Å². The molecule has 24 heavy (non-hydrogen) atoms. The van der Waals surface area contributed by atoms with Crippen LogP contribution in [-0.4, -0.2) is 38.6 Å². The molecule has 1 amide bonds. The fourth-order valence-corrected chi connectivity index (χ4v) is 2.74. The quantitative estimate of drug-likeness (QED) is 0.813. The molecule has 2 aromatic rings. The molecule has 0 aliphatic rings. The molecule has 0 aromatic heterocycles. The van der Waals surface area contributed by atoms with Crippen LogP contribution in [0.25, 0.3) is 0 Å². The molecule has 1 atom stereocenters. The molecule has 2 rings (SSSR count). The zero-order valence-corrected chi connectivity index (χ0v) is 15.4. The number of rotatable bonds is 6. The Kier molecular flexibility index (Phi) is 6.34. The van der Waals surface area contributed by atoms with E-state index < -0.39 is 11.7 Å². The molecular formula is C18H20BrFN2O2. The van der Waals surface area contributed by atoms with Gasteiger partial charge in [0.2, 0.25) is 0 Å². The standard InChI is InChI=1S/C18H20BrFN2O2/c1-22(2)17(12-5-4-6-14(9-12)24-3)11-21-18(23)15-8-7-13(19)10-16(15)20/h4-10,17H,11H2,1-3H3,(H,21,23). The predicted octanol–water partition coefficient (Wildman–Crippen LogP) is 3.63. The molecule has 0 bridgehead atoms. The zero-order chi connectivity index (χ0) is 17.7. The maximum atomic E-state index is 13.9. The molecule has 1 N–H and O–H groups in total. The summed E-state index contributed by atoms with van der Waals surface area (Å²) in [6, 6.07) is 12.0. The van der Waals surface area contributed by atoms with Gasteiger partial charge in [-0.15, -0.1) is 0 Å². The van der Waals surface area contributed by atoms with Gasteiger partial charge in [-0.2, -0.15) is 0 Å². The molecule has 0 aliphatic carbocycles. The summed E-state index contributed by atoms with van der Waals surface area (Å²) in [6.07, 6.45) is 0. The molecule has 0 fully saturated rings. The number of carbonyl (C=O) groups excluding carboxylic acids is 1. The van der Waals surface area contributed by atoms with E-state index in [9.17, 15) is 9.18 Å². The summed E-state index contributed by atoms with van der Waals surface area (Å²) in [5.74, 6) is -0.232. The van der Waals surface area contributed by atoms with E-state index in [-0.39, 0.29) is 11.6 Å². The first-order chi connectivity index (χ1) is 11.4. The summed E-state index contributed by atoms with van der Waals surface area (Å²) in [4.78, 5) is 14.2. The van der Waals surface area contributed by atoms with Gasteiger partial charge in [-0.3, -0.25) is 4.79 Å². The van der Waals surface area contributed by atoms with Gasteiger partial charge >= 0.3 is 0 Å². The number of nitrogens with zero attached hydrogens (tertiary/aromatic N) is 1. The summed E-state index contributed by atoms with van der Waals surface area (Å²) < 4.78 is 19.7. The lowest BCUT2D eigenvalue weighted by Gasteiger charge is -2.25. The Morgan fingerprint density at radius 2 is 2.04 bits per heavy atom. The Balaban J connectivity index is 2.12. The molecule has 0 radical (unpaired) electrons. The van der Waals surface area contributed by atoms with Crippen molar-refractivity contribution in [2.45, 2.75) is 6.04 Å². The third kappa shape index (κ3) is 4.55. The van der Waals surface area contributed by atoms with Gasteiger partial charge in [0.25, 0.3) is 5.91 Å². The molecule has 0 heterocycles. The Hall–Kier alpha value is -1.92. The minimum absolute atomic E-state index is 0.0290. The number of ether oxygens (including phenoxy) is 1. The summed E-state index contributed by atoms with van der Waals surface area (Å²) in [7, 11) is 5.47. The smallest absolute Gasteiger partial charge is 0.254 e. The maximum Gasteiger partial charge on any atom is 0.254 e. The molecule has 0 saturated heterocycles. The van der Waals surface area contributed by atoms with Gasteiger partial charge in [0.15, 0.2) is 0 Å². The normalized spacial score (nSPS) is 12.1. The maximum absolute atomic E-state index is 13.9. The Morgan fingerprint density at radius 1 is 1.29 bits per heavy atom. The van der Waals surface area contributed by atoms with Crippen LogP contribution in [0, 0.1) is 5.82 Å². The lowest BCUT2D eigenvalue weighted by Crippen LogP contribution is -2.34. The first-order valence-electron chi connectivity index (χ1n) is 7.46. The molecule has 6 heteroatoms. The van der Waals surface area contributed by atoms with Crippen LogP contribution in [0.4, 0.5) is 4.39 Å². The number of benzene rings is 2. The van der Waals surface area contributed by atoms with Crippen molar-refractivity contribution in [2.24, 2.45) is 0 Å². The van der Waals surface area contributed by atoms with Gasteiger partial charge in [0, 0.05) is 11.0 Å². The largest absolute Gasteiger partial charge is 0.497 e. The second-order valence-electron chi connectivity index (χ2n) is 5.59. The lowest BCUT2D eigenvalue weighted by molar-refractivity contribution is 0.0938. The fourth-order valence-electron chi connectivity index (χ4n) is 2.41. The van der Waals surface area contributed by atoms with Gasteiger partial charge < -0.3 is 15.0 Å². The van der Waals surface area contributed by atoms with E-state index in [1.807, 2.05) is 43.3 Å². The number of halogens is 2. The van der Waals surface area contributed by atoms with Gasteiger partial charge in [-0.05, 0) is 50.0 Å². The van der Waals surface area contributed by atoms with Crippen molar-refractivity contribution in [3.63, 3.8) is 0 Å². The van der Waals surface area contributed by atoms with Crippen LogP contribution < -0.4 is 10.1 Å². The molecule has 0 saturated carbocycles. The van der Waals surface area contributed by atoms with Crippen molar-refractivity contribution in [1.82, 2.24) is 10.2 Å². The molecule has 0 aliphatic heterocycles. The van der Waals surface area contributed by atoms with Crippen LogP contribution in [-0.2, 0) is 0 Å². The highest BCUT2D eigenvalue weighted by Gasteiger charge is 2.18. The fraction of sp³-hybridized carbons (Fsp3) is 0.278. The average molecular weight is 395 g/mol. The van der Waals surface area contributed by atoms with Gasteiger partial charge in [0.05, 0.1) is 18.7 Å². The van der Waals surface area contributed by atoms with E-state index in [0.717, 1.165) is 11.3 Å². The van der Waals surface area contributed by atoms with E-state index in [1.165, 1.54) is 12.1 Å². The topological polar surface area (TPSA) is 41.6 Å². The molecule has 2 aromatic carbocycles. The van der Waals surface area contributed by atoms with Crippen LogP contribution in [0.1, 0.15) is 22.0 Å². The van der Waals surface area contributed by atoms with E-state index in [1.54, 1.807) is 13.2 Å². The SMILES string of the molecule is COc1cccc(C(CNC(=O)c2ccc(Br)cc2F)N(C)C)c1. The van der Waals surface area contributed by atoms with Crippen molar-refractivity contribution >= 4 is 21.8 Å². The number of nitrogens with one attached hydrogen (secondary N) is 1. The summed E-state index contributed by atoms with van der Waals surface area (Å²) in [5, 5.41) is 2.80. The summed E-state index contributed by atoms with van der Waals surface area (Å²) >= 11 is 3.18. The van der Waals surface area contributed by atoms with Crippen molar-refractivity contribution in [3.8, 4) is 5.75 Å². The van der Waals surface area contributed by atoms with Gasteiger partial charge in [-0.1, -0.05) is 28.1 Å². The number of carbonyl (C=O) groups is 1. The van der Waals surface area contributed by atoms with Gasteiger partial charge in [-0.25, -0.2) is 4.39 Å². The Bertz CT molecular complexity index is 722. The highest BCUT2D eigenvalue weighted by atomic mass is 79.9. The number of hydrogen-bond donors (Lipinski definition) is 1. The first kappa shape index (κ1) is 18.4. The Morgan fingerprint density at radius 3 is 2.67 bits per heavy atom. The highest BCUT2D eigenvalue weighted by molar-refractivity contribution is 9.10. The van der Waals surface area contributed by atoms with Crippen molar-refractivity contribution in [2.75, 3.05) is 27.7 Å². The van der Waals surface area contributed by atoms with E-state index in [0.29, 0.717) is 11.0 Å². The molecule has 1 unspecified atom stereocenters. The third-order valence-electron chi connectivity index (χ3n) is 3.73. The van der Waals surface area contributed by atoms with Crippen LogP contribution in [0.15, 0.2) is 46.9 Å². The highest BCUT2D eigenvalue weighted by Crippen LogP contribution is 2.22. The predicted molar refractivity (Wildman–Crippen MR) is 95.9 cm³/mol. The van der Waals surface area contributed by atoms with Crippen LogP contribution in [0.2, 0.25) is 0 Å².